The zero-order chi connectivity index (χ0) is 12.6. The molecule has 0 saturated carbocycles. The van der Waals surface area contributed by atoms with E-state index in [2.05, 4.69) is 8.92 Å². The summed E-state index contributed by atoms with van der Waals surface area (Å²) < 4.78 is 56.4. The van der Waals surface area contributed by atoms with Crippen LogP contribution in [0.4, 0.5) is 13.6 Å². The number of carbonyl (C=O) groups excluding carboxylic acids is 1. The van der Waals surface area contributed by atoms with E-state index in [-0.39, 0.29) is 13.2 Å². The third kappa shape index (κ3) is 6.17. The Morgan fingerprint density at radius 3 is 2.50 bits per heavy atom. The summed E-state index contributed by atoms with van der Waals surface area (Å²) in [5, 5.41) is 0. The van der Waals surface area contributed by atoms with Crippen molar-refractivity contribution in [2.75, 3.05) is 13.2 Å². The van der Waals surface area contributed by atoms with Crippen LogP contribution in [0.15, 0.2) is 12.3 Å². The fourth-order valence-corrected chi connectivity index (χ4v) is 0.803. The van der Waals surface area contributed by atoms with Crippen molar-refractivity contribution in [2.45, 2.75) is 12.7 Å². The first-order valence-electron chi connectivity index (χ1n) is 4.01. The Balaban J connectivity index is 3.84. The molecule has 0 bridgehead atoms. The lowest BCUT2D eigenvalue weighted by Crippen LogP contribution is -2.21. The first kappa shape index (κ1) is 14.6. The van der Waals surface area contributed by atoms with Crippen LogP contribution >= 0.6 is 0 Å². The van der Waals surface area contributed by atoms with Gasteiger partial charge in [-0.2, -0.15) is 17.2 Å². The predicted octanol–water partition coefficient (Wildman–Crippen LogP) is 1.24. The van der Waals surface area contributed by atoms with Gasteiger partial charge in [-0.25, -0.2) is 4.79 Å². The van der Waals surface area contributed by atoms with Crippen molar-refractivity contribution in [3.05, 3.63) is 12.3 Å². The Kier molecular flexibility index (Phi) is 6.38. The second kappa shape index (κ2) is 6.99. The molecule has 0 unspecified atom stereocenters. The van der Waals surface area contributed by atoms with Crippen molar-refractivity contribution in [2.24, 2.45) is 0 Å². The van der Waals surface area contributed by atoms with Gasteiger partial charge in [-0.1, -0.05) is 6.08 Å². The molecule has 0 aromatic carbocycles. The number of hydrogen-bond acceptors (Lipinski definition) is 6. The highest BCUT2D eigenvalue weighted by molar-refractivity contribution is 7.87. The molecule has 0 aliphatic heterocycles. The summed E-state index contributed by atoms with van der Waals surface area (Å²) in [6.45, 7) is 1.32. The molecule has 6 nitrogen and oxygen atoms in total. The average molecular weight is 260 g/mol. The van der Waals surface area contributed by atoms with Gasteiger partial charge in [0.05, 0.1) is 6.26 Å². The minimum Gasteiger partial charge on any atom is -0.498 e. The molecule has 0 atom stereocenters. The summed E-state index contributed by atoms with van der Waals surface area (Å²) in [4.78, 5) is 10.6. The Hall–Kier alpha value is -1.38. The van der Waals surface area contributed by atoms with Crippen LogP contribution in [-0.4, -0.2) is 33.5 Å². The van der Waals surface area contributed by atoms with Gasteiger partial charge in [0.25, 0.3) is 0 Å². The van der Waals surface area contributed by atoms with E-state index in [1.807, 2.05) is 0 Å². The van der Waals surface area contributed by atoms with Crippen molar-refractivity contribution in [3.8, 4) is 0 Å². The van der Waals surface area contributed by atoms with Gasteiger partial charge in [0.1, 0.15) is 13.2 Å². The van der Waals surface area contributed by atoms with E-state index in [0.717, 1.165) is 0 Å². The van der Waals surface area contributed by atoms with Gasteiger partial charge >= 0.3 is 22.0 Å². The average Bonchev–Trinajstić information content (AvgIpc) is 2.16. The van der Waals surface area contributed by atoms with Crippen LogP contribution in [0.25, 0.3) is 0 Å². The Morgan fingerprint density at radius 2 is 2.00 bits per heavy atom. The Morgan fingerprint density at radius 1 is 1.38 bits per heavy atom. The smallest absolute Gasteiger partial charge is 0.498 e. The second-order valence-electron chi connectivity index (χ2n) is 2.28. The second-order valence-corrected chi connectivity index (χ2v) is 3.78. The normalized spacial score (nSPS) is 11.8. The van der Waals surface area contributed by atoms with E-state index in [1.165, 1.54) is 6.26 Å². The van der Waals surface area contributed by atoms with Crippen LogP contribution in [-0.2, 0) is 23.8 Å². The maximum Gasteiger partial charge on any atom is 0.524 e. The molecule has 0 spiro atoms. The number of carbonyl (C=O) groups is 1. The highest BCUT2D eigenvalue weighted by atomic mass is 32.2. The molecule has 0 aliphatic rings. The monoisotopic (exact) mass is 260 g/mol. The van der Waals surface area contributed by atoms with Gasteiger partial charge in [-0.3, -0.25) is 0 Å². The Bertz CT molecular complexity index is 337. The van der Waals surface area contributed by atoms with Crippen molar-refractivity contribution in [1.82, 2.24) is 0 Å². The topological polar surface area (TPSA) is 78.9 Å². The van der Waals surface area contributed by atoms with Gasteiger partial charge in [-0.05, 0) is 6.92 Å². The maximum atomic E-state index is 11.7. The van der Waals surface area contributed by atoms with Crippen molar-refractivity contribution in [3.63, 3.8) is 0 Å². The number of hydrogen-bond donors (Lipinski definition) is 0. The number of alkyl halides is 2. The molecule has 0 rings (SSSR count). The standard InChI is InChI=1S/C7H10F2O6S/c1-2-3-13-4-5-14-7(10)15-16(11,12)6(8)9/h2-3,6H,4-5H2,1H3. The van der Waals surface area contributed by atoms with Crippen LogP contribution in [0, 0.1) is 0 Å². The lowest BCUT2D eigenvalue weighted by atomic mass is 10.7. The van der Waals surface area contributed by atoms with E-state index in [9.17, 15) is 22.0 Å². The molecule has 9 heteroatoms. The van der Waals surface area contributed by atoms with Crippen LogP contribution in [0.2, 0.25) is 0 Å². The van der Waals surface area contributed by atoms with Crippen molar-refractivity contribution < 1.29 is 35.6 Å². The lowest BCUT2D eigenvalue weighted by Gasteiger charge is -2.05. The zero-order valence-electron chi connectivity index (χ0n) is 8.26. The van der Waals surface area contributed by atoms with Gasteiger partial charge < -0.3 is 13.7 Å². The van der Waals surface area contributed by atoms with E-state index < -0.39 is 22.0 Å². The summed E-state index contributed by atoms with van der Waals surface area (Å²) in [5.41, 5.74) is 0. The first-order valence-corrected chi connectivity index (χ1v) is 5.48. The first-order chi connectivity index (χ1) is 7.40. The van der Waals surface area contributed by atoms with Gasteiger partial charge in [0.2, 0.25) is 0 Å². The summed E-state index contributed by atoms with van der Waals surface area (Å²) in [6.07, 6.45) is 1.16. The minimum atomic E-state index is -5.21. The number of rotatable bonds is 6. The highest BCUT2D eigenvalue weighted by Gasteiger charge is 2.29. The van der Waals surface area contributed by atoms with E-state index >= 15 is 0 Å². The van der Waals surface area contributed by atoms with E-state index in [1.54, 1.807) is 13.0 Å². The molecule has 0 aromatic heterocycles. The summed E-state index contributed by atoms with van der Waals surface area (Å²) in [7, 11) is -5.21. The summed E-state index contributed by atoms with van der Waals surface area (Å²) in [5.74, 6) is -3.79. The van der Waals surface area contributed by atoms with Crippen molar-refractivity contribution in [1.29, 1.82) is 0 Å². The molecule has 94 valence electrons. The molecular weight excluding hydrogens is 250 g/mol. The van der Waals surface area contributed by atoms with Crippen LogP contribution in [0.3, 0.4) is 0 Å². The molecule has 0 amide bonds. The molecule has 0 heterocycles. The van der Waals surface area contributed by atoms with Crippen LogP contribution in [0.5, 0.6) is 0 Å². The quantitative estimate of drug-likeness (QED) is 0.309. The van der Waals surface area contributed by atoms with Crippen LogP contribution < -0.4 is 0 Å². The zero-order valence-corrected chi connectivity index (χ0v) is 9.08. The third-order valence-corrected chi connectivity index (χ3v) is 1.86. The number of halogens is 2. The fourth-order valence-electron chi connectivity index (χ4n) is 0.493. The highest BCUT2D eigenvalue weighted by Crippen LogP contribution is 2.07. The molecular formula is C7H10F2O6S. The number of allylic oxidation sites excluding steroid dienone is 1. The third-order valence-electron chi connectivity index (χ3n) is 1.06. The Labute approximate surface area is 90.9 Å². The minimum absolute atomic E-state index is 0.0475. The lowest BCUT2D eigenvalue weighted by molar-refractivity contribution is 0.0749. The summed E-state index contributed by atoms with van der Waals surface area (Å²) in [6, 6.07) is 0. The molecule has 0 saturated heterocycles. The molecule has 0 aromatic rings. The molecule has 0 radical (unpaired) electrons. The molecule has 0 aliphatic carbocycles. The molecule has 16 heavy (non-hydrogen) atoms. The van der Waals surface area contributed by atoms with Crippen molar-refractivity contribution >= 4 is 16.3 Å². The fraction of sp³-hybridized carbons (Fsp3) is 0.571. The van der Waals surface area contributed by atoms with Gasteiger partial charge in [-0.15, -0.1) is 0 Å². The largest absolute Gasteiger partial charge is 0.524 e. The maximum absolute atomic E-state index is 11.7. The van der Waals surface area contributed by atoms with E-state index in [4.69, 9.17) is 4.74 Å². The van der Waals surface area contributed by atoms with Crippen LogP contribution in [0.1, 0.15) is 6.92 Å². The van der Waals surface area contributed by atoms with Gasteiger partial charge in [0, 0.05) is 0 Å². The van der Waals surface area contributed by atoms with E-state index in [0.29, 0.717) is 0 Å². The molecule has 0 N–H and O–H groups in total. The SMILES string of the molecule is CC=COCCOC(=O)OS(=O)(=O)C(F)F. The predicted molar refractivity (Wildman–Crippen MR) is 48.1 cm³/mol. The number of ether oxygens (including phenoxy) is 2. The molecule has 0 fully saturated rings. The van der Waals surface area contributed by atoms with Gasteiger partial charge in [0.15, 0.2) is 0 Å². The summed E-state index contributed by atoms with van der Waals surface area (Å²) >= 11 is 0.